The van der Waals surface area contributed by atoms with Gasteiger partial charge < -0.3 is 25.0 Å². The maximum Gasteiger partial charge on any atom is 0.324 e. The SMILES string of the molecule is Cc1ccc(NC(=O)Nc2sc(C(C)(C)C)cc2C(=O)N2CCNC(=O)C2(C)C)cc1-c1ccc(OCCN2CCOCC2)nc1. The van der Waals surface area contributed by atoms with Gasteiger partial charge in [-0.25, -0.2) is 9.78 Å². The standard InChI is InChI=1S/C34H44N6O5S/c1-22-7-9-24(19-25(22)23-8-10-28(36-21-23)45-18-15-39-13-16-44-17-14-39)37-32(43)38-29-26(20-27(46-29)33(2,3)4)30(41)40-12-11-35-31(42)34(40,5)6/h7-10,19-21H,11-18H2,1-6H3,(H,35,42)(H2,37,38,43). The fraction of sp³-hybridized carbons (Fsp3) is 0.471. The van der Waals surface area contributed by atoms with Crippen molar-refractivity contribution >= 4 is 39.9 Å². The molecule has 12 heteroatoms. The van der Waals surface area contributed by atoms with E-state index in [2.05, 4.69) is 46.6 Å². The molecule has 11 nitrogen and oxygen atoms in total. The summed E-state index contributed by atoms with van der Waals surface area (Å²) in [6.45, 7) is 17.1. The molecule has 0 saturated carbocycles. The molecule has 2 fully saturated rings. The van der Waals surface area contributed by atoms with Crippen molar-refractivity contribution in [1.29, 1.82) is 0 Å². The number of nitrogens with zero attached hydrogens (tertiary/aromatic N) is 3. The second-order valence-corrected chi connectivity index (χ2v) is 14.2. The molecule has 4 amide bonds. The molecule has 0 atom stereocenters. The molecule has 2 aliphatic rings. The van der Waals surface area contributed by atoms with Gasteiger partial charge in [-0.05, 0) is 61.6 Å². The van der Waals surface area contributed by atoms with Crippen molar-refractivity contribution in [3.63, 3.8) is 0 Å². The fourth-order valence-electron chi connectivity index (χ4n) is 5.42. The molecular formula is C34H44N6O5S. The highest BCUT2D eigenvalue weighted by molar-refractivity contribution is 7.16. The summed E-state index contributed by atoms with van der Waals surface area (Å²) >= 11 is 1.37. The minimum atomic E-state index is -1.01. The number of amides is 4. The summed E-state index contributed by atoms with van der Waals surface area (Å²) in [5.74, 6) is 0.0651. The monoisotopic (exact) mass is 648 g/mol. The number of aryl methyl sites for hydroxylation is 1. The molecule has 3 N–H and O–H groups in total. The average Bonchev–Trinajstić information content (AvgIpc) is 3.44. The third kappa shape index (κ3) is 7.68. The van der Waals surface area contributed by atoms with Crippen LogP contribution in [-0.4, -0.2) is 90.7 Å². The van der Waals surface area contributed by atoms with Crippen LogP contribution in [0, 0.1) is 6.92 Å². The molecule has 3 aromatic rings. The summed E-state index contributed by atoms with van der Waals surface area (Å²) in [6, 6.07) is 10.9. The molecule has 0 bridgehead atoms. The zero-order chi connectivity index (χ0) is 33.1. The maximum atomic E-state index is 13.8. The first-order chi connectivity index (χ1) is 21.8. The summed E-state index contributed by atoms with van der Waals surface area (Å²) in [5.41, 5.74) is 2.57. The number of ether oxygens (including phenoxy) is 2. The van der Waals surface area contributed by atoms with E-state index in [0.717, 1.165) is 54.4 Å². The second kappa shape index (κ2) is 13.8. The molecule has 2 aromatic heterocycles. The lowest BCUT2D eigenvalue weighted by molar-refractivity contribution is -0.133. The van der Waals surface area contributed by atoms with Crippen LogP contribution in [0.25, 0.3) is 11.1 Å². The zero-order valence-corrected chi connectivity index (χ0v) is 28.3. The first-order valence-electron chi connectivity index (χ1n) is 15.7. The van der Waals surface area contributed by atoms with Crippen molar-refractivity contribution in [3.05, 3.63) is 58.6 Å². The van der Waals surface area contributed by atoms with Crippen LogP contribution < -0.4 is 20.7 Å². The maximum absolute atomic E-state index is 13.8. The second-order valence-electron chi connectivity index (χ2n) is 13.2. The topological polar surface area (TPSA) is 125 Å². The molecule has 0 aliphatic carbocycles. The smallest absolute Gasteiger partial charge is 0.324 e. The van der Waals surface area contributed by atoms with Gasteiger partial charge >= 0.3 is 6.03 Å². The van der Waals surface area contributed by atoms with E-state index in [1.54, 1.807) is 24.9 Å². The van der Waals surface area contributed by atoms with Crippen LogP contribution in [-0.2, 0) is 14.9 Å². The van der Waals surface area contributed by atoms with Crippen LogP contribution in [0.4, 0.5) is 15.5 Å². The Balaban J connectivity index is 1.28. The Morgan fingerprint density at radius 1 is 1.09 bits per heavy atom. The van der Waals surface area contributed by atoms with Gasteiger partial charge in [-0.2, -0.15) is 0 Å². The van der Waals surface area contributed by atoms with Crippen LogP contribution in [0.2, 0.25) is 0 Å². The Bertz CT molecular complexity index is 1570. The molecule has 246 valence electrons. The number of thiophene rings is 1. The minimum absolute atomic E-state index is 0.207. The Morgan fingerprint density at radius 3 is 2.54 bits per heavy atom. The lowest BCUT2D eigenvalue weighted by Gasteiger charge is -2.41. The van der Waals surface area contributed by atoms with E-state index in [-0.39, 0.29) is 17.2 Å². The highest BCUT2D eigenvalue weighted by atomic mass is 32.1. The third-order valence-electron chi connectivity index (χ3n) is 8.33. The van der Waals surface area contributed by atoms with Crippen molar-refractivity contribution in [2.24, 2.45) is 0 Å². The largest absolute Gasteiger partial charge is 0.476 e. The van der Waals surface area contributed by atoms with Crippen LogP contribution >= 0.6 is 11.3 Å². The highest BCUT2D eigenvalue weighted by Crippen LogP contribution is 2.38. The van der Waals surface area contributed by atoms with Gasteiger partial charge in [0, 0.05) is 61.1 Å². The summed E-state index contributed by atoms with van der Waals surface area (Å²) in [7, 11) is 0. The molecule has 2 aliphatic heterocycles. The predicted molar refractivity (Wildman–Crippen MR) is 181 cm³/mol. The van der Waals surface area contributed by atoms with Crippen LogP contribution in [0.15, 0.2) is 42.6 Å². The number of hydrogen-bond donors (Lipinski definition) is 3. The average molecular weight is 649 g/mol. The Hall–Kier alpha value is -4.00. The summed E-state index contributed by atoms with van der Waals surface area (Å²) in [5, 5.41) is 9.11. The van der Waals surface area contributed by atoms with Crippen molar-refractivity contribution in [2.75, 3.05) is 63.2 Å². The van der Waals surface area contributed by atoms with Crippen LogP contribution in [0.3, 0.4) is 0 Å². The molecule has 2 saturated heterocycles. The number of anilines is 2. The van der Waals surface area contributed by atoms with Gasteiger partial charge in [0.05, 0.1) is 18.8 Å². The summed E-state index contributed by atoms with van der Waals surface area (Å²) < 4.78 is 11.3. The Labute approximate surface area is 274 Å². The number of rotatable bonds is 8. The summed E-state index contributed by atoms with van der Waals surface area (Å²) in [6.07, 6.45) is 1.77. The van der Waals surface area contributed by atoms with Gasteiger partial charge in [0.2, 0.25) is 11.8 Å². The number of aromatic nitrogens is 1. The van der Waals surface area contributed by atoms with E-state index < -0.39 is 11.6 Å². The number of urea groups is 1. The van der Waals surface area contributed by atoms with E-state index in [1.807, 2.05) is 43.3 Å². The normalized spacial score (nSPS) is 16.9. The molecule has 0 radical (unpaired) electrons. The van der Waals surface area contributed by atoms with E-state index >= 15 is 0 Å². The van der Waals surface area contributed by atoms with E-state index in [1.165, 1.54) is 11.3 Å². The van der Waals surface area contributed by atoms with Gasteiger partial charge in [0.1, 0.15) is 17.1 Å². The van der Waals surface area contributed by atoms with Crippen molar-refractivity contribution in [1.82, 2.24) is 20.1 Å². The van der Waals surface area contributed by atoms with Crippen molar-refractivity contribution in [3.8, 4) is 17.0 Å². The van der Waals surface area contributed by atoms with Crippen LogP contribution in [0.1, 0.15) is 55.4 Å². The van der Waals surface area contributed by atoms with E-state index in [9.17, 15) is 14.4 Å². The predicted octanol–water partition coefficient (Wildman–Crippen LogP) is 5.12. The minimum Gasteiger partial charge on any atom is -0.476 e. The number of morpholine rings is 1. The van der Waals surface area contributed by atoms with Gasteiger partial charge in [-0.1, -0.05) is 26.8 Å². The molecule has 5 rings (SSSR count). The fourth-order valence-corrected chi connectivity index (χ4v) is 6.52. The van der Waals surface area contributed by atoms with Crippen LogP contribution in [0.5, 0.6) is 5.88 Å². The Kier molecular flexibility index (Phi) is 9.99. The molecule has 0 unspecified atom stereocenters. The number of carbonyl (C=O) groups excluding carboxylic acids is 3. The molecule has 1 aromatic carbocycles. The highest BCUT2D eigenvalue weighted by Gasteiger charge is 2.42. The van der Waals surface area contributed by atoms with Gasteiger partial charge in [0.25, 0.3) is 5.91 Å². The first-order valence-corrected chi connectivity index (χ1v) is 16.5. The van der Waals surface area contributed by atoms with Gasteiger partial charge in [-0.3, -0.25) is 19.8 Å². The first kappa shape index (κ1) is 33.4. The third-order valence-corrected chi connectivity index (χ3v) is 9.81. The van der Waals surface area contributed by atoms with Gasteiger partial charge in [0.15, 0.2) is 0 Å². The molecule has 4 heterocycles. The number of piperazine rings is 1. The number of hydrogen-bond acceptors (Lipinski definition) is 8. The molecule has 46 heavy (non-hydrogen) atoms. The molecule has 0 spiro atoms. The number of carbonyl (C=O) groups is 3. The zero-order valence-electron chi connectivity index (χ0n) is 27.5. The van der Waals surface area contributed by atoms with E-state index in [0.29, 0.717) is 41.8 Å². The number of pyridine rings is 1. The van der Waals surface area contributed by atoms with Gasteiger partial charge in [-0.15, -0.1) is 11.3 Å². The lowest BCUT2D eigenvalue weighted by Crippen LogP contribution is -2.63. The molecular weight excluding hydrogens is 604 g/mol. The number of nitrogens with one attached hydrogen (secondary N) is 3. The summed E-state index contributed by atoms with van der Waals surface area (Å²) in [4.78, 5) is 49.0. The number of benzene rings is 1. The van der Waals surface area contributed by atoms with E-state index in [4.69, 9.17) is 9.47 Å². The van der Waals surface area contributed by atoms with Crippen molar-refractivity contribution in [2.45, 2.75) is 52.5 Å². The quantitative estimate of drug-likeness (QED) is 0.310. The lowest BCUT2D eigenvalue weighted by atomic mass is 9.93. The Morgan fingerprint density at radius 2 is 1.85 bits per heavy atom. The van der Waals surface area contributed by atoms with Crippen molar-refractivity contribution < 1.29 is 23.9 Å².